The number of rotatable bonds is 6. The highest BCUT2D eigenvalue weighted by Gasteiger charge is 2.13. The van der Waals surface area contributed by atoms with Crippen molar-refractivity contribution in [2.24, 2.45) is 0 Å². The minimum Gasteiger partial charge on any atom is -0.310 e. The fourth-order valence-electron chi connectivity index (χ4n) is 2.23. The van der Waals surface area contributed by atoms with Gasteiger partial charge in [0.15, 0.2) is 0 Å². The second-order valence-corrected chi connectivity index (χ2v) is 7.10. The van der Waals surface area contributed by atoms with Crippen LogP contribution in [0.4, 0.5) is 4.39 Å². The van der Waals surface area contributed by atoms with E-state index in [2.05, 4.69) is 75.0 Å². The normalized spacial score (nSPS) is 12.4. The maximum atomic E-state index is 13.2. The Bertz CT molecular complexity index is 586. The number of hydrogen-bond donors (Lipinski definition) is 1. The third kappa shape index (κ3) is 5.04. The van der Waals surface area contributed by atoms with Gasteiger partial charge >= 0.3 is 0 Å². The van der Waals surface area contributed by atoms with Crippen molar-refractivity contribution < 1.29 is 4.39 Å². The molecule has 0 heterocycles. The molecular formula is C17H18BrFIN. The summed E-state index contributed by atoms with van der Waals surface area (Å²) in [5.74, 6) is -0.210. The van der Waals surface area contributed by atoms with Crippen molar-refractivity contribution in [2.45, 2.75) is 25.8 Å². The van der Waals surface area contributed by atoms with Crippen LogP contribution in [0.25, 0.3) is 0 Å². The lowest BCUT2D eigenvalue weighted by Crippen LogP contribution is -2.24. The van der Waals surface area contributed by atoms with E-state index in [1.165, 1.54) is 21.3 Å². The maximum absolute atomic E-state index is 13.2. The molecule has 2 aromatic carbocycles. The summed E-state index contributed by atoms with van der Waals surface area (Å²) in [5.41, 5.74) is 2.38. The first-order chi connectivity index (χ1) is 10.1. The van der Waals surface area contributed by atoms with Crippen molar-refractivity contribution in [2.75, 3.05) is 6.54 Å². The first-order valence-corrected chi connectivity index (χ1v) is 8.90. The Kier molecular flexibility index (Phi) is 6.64. The Morgan fingerprint density at radius 2 is 1.90 bits per heavy atom. The highest BCUT2D eigenvalue weighted by Crippen LogP contribution is 2.25. The van der Waals surface area contributed by atoms with Crippen molar-refractivity contribution in [1.29, 1.82) is 0 Å². The SMILES string of the molecule is CCCNC(Cc1ccc(F)cc1Br)c1ccc(I)cc1. The second-order valence-electron chi connectivity index (χ2n) is 5.00. The third-order valence-electron chi connectivity index (χ3n) is 3.35. The first-order valence-electron chi connectivity index (χ1n) is 7.03. The van der Waals surface area contributed by atoms with E-state index in [4.69, 9.17) is 0 Å². The Hall–Kier alpha value is -0.460. The molecule has 1 N–H and O–H groups in total. The van der Waals surface area contributed by atoms with Gasteiger partial charge in [-0.25, -0.2) is 4.39 Å². The maximum Gasteiger partial charge on any atom is 0.124 e. The zero-order valence-electron chi connectivity index (χ0n) is 11.9. The summed E-state index contributed by atoms with van der Waals surface area (Å²) in [7, 11) is 0. The van der Waals surface area contributed by atoms with E-state index in [1.807, 2.05) is 6.07 Å². The van der Waals surface area contributed by atoms with Crippen molar-refractivity contribution in [3.05, 3.63) is 67.5 Å². The predicted octanol–water partition coefficient (Wildman–Crippen LogP) is 5.48. The van der Waals surface area contributed by atoms with Gasteiger partial charge in [0.25, 0.3) is 0 Å². The Labute approximate surface area is 147 Å². The summed E-state index contributed by atoms with van der Waals surface area (Å²) < 4.78 is 15.3. The molecule has 0 radical (unpaired) electrons. The average molecular weight is 462 g/mol. The minimum absolute atomic E-state index is 0.210. The molecule has 4 heteroatoms. The molecule has 2 aromatic rings. The van der Waals surface area contributed by atoms with E-state index in [1.54, 1.807) is 0 Å². The minimum atomic E-state index is -0.210. The zero-order valence-corrected chi connectivity index (χ0v) is 15.6. The van der Waals surface area contributed by atoms with E-state index in [0.717, 1.165) is 29.4 Å². The van der Waals surface area contributed by atoms with E-state index in [9.17, 15) is 4.39 Å². The van der Waals surface area contributed by atoms with Crippen LogP contribution in [0, 0.1) is 9.39 Å². The molecule has 0 aliphatic carbocycles. The summed E-state index contributed by atoms with van der Waals surface area (Å²) in [6.45, 7) is 3.13. The first kappa shape index (κ1) is 16.9. The smallest absolute Gasteiger partial charge is 0.124 e. The number of hydrogen-bond acceptors (Lipinski definition) is 1. The summed E-state index contributed by atoms with van der Waals surface area (Å²) >= 11 is 5.77. The van der Waals surface area contributed by atoms with Crippen LogP contribution in [0.15, 0.2) is 46.9 Å². The fourth-order valence-corrected chi connectivity index (χ4v) is 3.10. The molecule has 0 aliphatic rings. The van der Waals surface area contributed by atoms with Gasteiger partial charge in [0.1, 0.15) is 5.82 Å². The largest absolute Gasteiger partial charge is 0.310 e. The van der Waals surface area contributed by atoms with Crippen LogP contribution in [-0.2, 0) is 6.42 Å². The molecule has 0 bridgehead atoms. The van der Waals surface area contributed by atoms with Gasteiger partial charge in [0, 0.05) is 14.1 Å². The Morgan fingerprint density at radius 3 is 2.52 bits per heavy atom. The van der Waals surface area contributed by atoms with Crippen molar-refractivity contribution in [1.82, 2.24) is 5.32 Å². The topological polar surface area (TPSA) is 12.0 Å². The average Bonchev–Trinajstić information content (AvgIpc) is 2.46. The zero-order chi connectivity index (χ0) is 15.2. The molecule has 0 saturated carbocycles. The molecule has 112 valence electrons. The molecule has 0 fully saturated rings. The van der Waals surface area contributed by atoms with E-state index >= 15 is 0 Å². The van der Waals surface area contributed by atoms with Crippen LogP contribution in [-0.4, -0.2) is 6.54 Å². The molecule has 21 heavy (non-hydrogen) atoms. The van der Waals surface area contributed by atoms with Crippen LogP contribution in [0.2, 0.25) is 0 Å². The van der Waals surface area contributed by atoms with Gasteiger partial charge in [-0.05, 0) is 77.4 Å². The summed E-state index contributed by atoms with van der Waals surface area (Å²) in [4.78, 5) is 0. The molecule has 1 atom stereocenters. The van der Waals surface area contributed by atoms with Gasteiger partial charge in [-0.1, -0.05) is 41.1 Å². The number of halogens is 3. The standard InChI is InChI=1S/C17H18BrFIN/c1-2-9-21-17(12-4-7-15(20)8-5-12)10-13-3-6-14(19)11-16(13)18/h3-8,11,17,21H,2,9-10H2,1H3. The molecule has 1 nitrogen and oxygen atoms in total. The van der Waals surface area contributed by atoms with Crippen molar-refractivity contribution in [3.8, 4) is 0 Å². The van der Waals surface area contributed by atoms with Gasteiger partial charge in [-0.2, -0.15) is 0 Å². The number of nitrogens with one attached hydrogen (secondary N) is 1. The van der Waals surface area contributed by atoms with Crippen LogP contribution < -0.4 is 5.32 Å². The molecule has 0 aromatic heterocycles. The highest BCUT2D eigenvalue weighted by atomic mass is 127. The van der Waals surface area contributed by atoms with E-state index in [-0.39, 0.29) is 11.9 Å². The van der Waals surface area contributed by atoms with Gasteiger partial charge in [0.2, 0.25) is 0 Å². The van der Waals surface area contributed by atoms with E-state index < -0.39 is 0 Å². The van der Waals surface area contributed by atoms with E-state index in [0.29, 0.717) is 0 Å². The molecule has 0 saturated heterocycles. The lowest BCUT2D eigenvalue weighted by atomic mass is 9.98. The van der Waals surface area contributed by atoms with Crippen LogP contribution >= 0.6 is 38.5 Å². The summed E-state index contributed by atoms with van der Waals surface area (Å²) in [5, 5.41) is 3.58. The predicted molar refractivity (Wildman–Crippen MR) is 98.0 cm³/mol. The van der Waals surface area contributed by atoms with Gasteiger partial charge in [0.05, 0.1) is 0 Å². The molecule has 2 rings (SSSR count). The highest BCUT2D eigenvalue weighted by molar-refractivity contribution is 14.1. The second kappa shape index (κ2) is 8.25. The van der Waals surface area contributed by atoms with Gasteiger partial charge in [-0.3, -0.25) is 0 Å². The fraction of sp³-hybridized carbons (Fsp3) is 0.294. The van der Waals surface area contributed by atoms with Crippen LogP contribution in [0.5, 0.6) is 0 Å². The van der Waals surface area contributed by atoms with Crippen LogP contribution in [0.1, 0.15) is 30.5 Å². The monoisotopic (exact) mass is 461 g/mol. The van der Waals surface area contributed by atoms with Gasteiger partial charge < -0.3 is 5.32 Å². The quantitative estimate of drug-likeness (QED) is 0.562. The lowest BCUT2D eigenvalue weighted by molar-refractivity contribution is 0.527. The molecule has 1 unspecified atom stereocenters. The summed E-state index contributed by atoms with van der Waals surface area (Å²) in [6, 6.07) is 13.7. The molecule has 0 aliphatic heterocycles. The molecular weight excluding hydrogens is 444 g/mol. The number of benzene rings is 2. The van der Waals surface area contributed by atoms with Crippen molar-refractivity contribution in [3.63, 3.8) is 0 Å². The van der Waals surface area contributed by atoms with Crippen molar-refractivity contribution >= 4 is 38.5 Å². The van der Waals surface area contributed by atoms with Gasteiger partial charge in [-0.15, -0.1) is 0 Å². The Balaban J connectivity index is 2.21. The molecule has 0 spiro atoms. The lowest BCUT2D eigenvalue weighted by Gasteiger charge is -2.20. The molecule has 0 amide bonds. The Morgan fingerprint density at radius 1 is 1.19 bits per heavy atom. The third-order valence-corrected chi connectivity index (χ3v) is 4.81. The summed E-state index contributed by atoms with van der Waals surface area (Å²) in [6.07, 6.45) is 1.92. The van der Waals surface area contributed by atoms with Crippen LogP contribution in [0.3, 0.4) is 0 Å².